The fraction of sp³-hybridized carbons (Fsp3) is 0.182. The molecule has 0 spiro atoms. The van der Waals surface area contributed by atoms with Crippen LogP contribution in [0, 0.1) is 0 Å². The molecule has 0 unspecified atom stereocenters. The van der Waals surface area contributed by atoms with Gasteiger partial charge in [0.2, 0.25) is 0 Å². The Hall–Kier alpha value is -3.05. The summed E-state index contributed by atoms with van der Waals surface area (Å²) in [6, 6.07) is 12.6. The van der Waals surface area contributed by atoms with Crippen molar-refractivity contribution in [2.24, 2.45) is 0 Å². The first-order valence-corrected chi connectivity index (χ1v) is 11.1. The molecule has 174 valence electrons. The topological polar surface area (TPSA) is 84.9 Å². The monoisotopic (exact) mass is 543 g/mol. The lowest BCUT2D eigenvalue weighted by Crippen LogP contribution is -2.18. The Morgan fingerprint density at radius 3 is 2.55 bits per heavy atom. The number of anilines is 1. The minimum atomic E-state index is -4.81. The van der Waals surface area contributed by atoms with Gasteiger partial charge in [0.25, 0.3) is 0 Å². The van der Waals surface area contributed by atoms with Gasteiger partial charge in [0.15, 0.2) is 0 Å². The molecule has 0 bridgehead atoms. The zero-order chi connectivity index (χ0) is 24.2. The van der Waals surface area contributed by atoms with Crippen LogP contribution in [-0.4, -0.2) is 30.0 Å². The van der Waals surface area contributed by atoms with Crippen molar-refractivity contribution >= 4 is 44.9 Å². The average Bonchev–Trinajstić information content (AvgIpc) is 3.10. The van der Waals surface area contributed by atoms with Crippen LogP contribution in [0.1, 0.15) is 32.5 Å². The smallest absolute Gasteiger partial charge is 0.477 e. The molecule has 2 N–H and O–H groups in total. The van der Waals surface area contributed by atoms with Crippen LogP contribution >= 0.6 is 27.3 Å². The molecular formula is C22H17BrF3NO5S. The Kier molecular flexibility index (Phi) is 7.65. The van der Waals surface area contributed by atoms with Gasteiger partial charge in [-0.2, -0.15) is 0 Å². The average molecular weight is 544 g/mol. The zero-order valence-electron chi connectivity index (χ0n) is 17.0. The van der Waals surface area contributed by atoms with Gasteiger partial charge >= 0.3 is 18.3 Å². The molecule has 0 atom stereocenters. The number of rotatable bonds is 8. The number of carbonyl (C=O) groups excluding carboxylic acids is 1. The third-order valence-electron chi connectivity index (χ3n) is 4.33. The number of benzene rings is 2. The highest BCUT2D eigenvalue weighted by atomic mass is 79.9. The Labute approximate surface area is 199 Å². The number of halogens is 4. The number of ether oxygens (including phenoxy) is 2. The predicted octanol–water partition coefficient (Wildman–Crippen LogP) is 6.56. The molecule has 0 amide bonds. The van der Waals surface area contributed by atoms with Gasteiger partial charge in [0.1, 0.15) is 10.6 Å². The van der Waals surface area contributed by atoms with Crippen molar-refractivity contribution in [1.82, 2.24) is 0 Å². The Morgan fingerprint density at radius 2 is 1.88 bits per heavy atom. The van der Waals surface area contributed by atoms with E-state index in [0.29, 0.717) is 26.2 Å². The van der Waals surface area contributed by atoms with Crippen molar-refractivity contribution in [3.63, 3.8) is 0 Å². The van der Waals surface area contributed by atoms with Gasteiger partial charge in [-0.05, 0) is 46.6 Å². The van der Waals surface area contributed by atoms with Crippen molar-refractivity contribution < 1.29 is 37.3 Å². The SMILES string of the molecule is CCOC(=O)c1c(C(=O)O)sc(-c2cccc(NCc3ccccc3OC(F)(F)F)c2)c1Br. The highest BCUT2D eigenvalue weighted by Crippen LogP contribution is 2.41. The van der Waals surface area contributed by atoms with Crippen molar-refractivity contribution in [3.05, 3.63) is 69.0 Å². The van der Waals surface area contributed by atoms with E-state index in [2.05, 4.69) is 26.0 Å². The largest absolute Gasteiger partial charge is 0.573 e. The van der Waals surface area contributed by atoms with Gasteiger partial charge in [0, 0.05) is 17.8 Å². The molecule has 1 aromatic heterocycles. The summed E-state index contributed by atoms with van der Waals surface area (Å²) in [5, 5.41) is 12.6. The third-order valence-corrected chi connectivity index (χ3v) is 6.61. The molecule has 33 heavy (non-hydrogen) atoms. The first kappa shape index (κ1) is 24.6. The maximum absolute atomic E-state index is 12.6. The number of carboxylic acids is 1. The molecule has 0 fully saturated rings. The summed E-state index contributed by atoms with van der Waals surface area (Å²) in [4.78, 5) is 24.3. The summed E-state index contributed by atoms with van der Waals surface area (Å²) in [7, 11) is 0. The second-order valence-corrected chi connectivity index (χ2v) is 8.38. The number of carboxylic acid groups (broad SMARTS) is 1. The number of thiophene rings is 1. The van der Waals surface area contributed by atoms with Gasteiger partial charge < -0.3 is 19.9 Å². The minimum absolute atomic E-state index is 0.0514. The highest BCUT2D eigenvalue weighted by molar-refractivity contribution is 9.10. The molecule has 0 aliphatic heterocycles. The van der Waals surface area contributed by atoms with Crippen LogP contribution in [0.5, 0.6) is 5.75 Å². The zero-order valence-corrected chi connectivity index (χ0v) is 19.4. The number of carbonyl (C=O) groups is 2. The van der Waals surface area contributed by atoms with E-state index in [1.807, 2.05) is 0 Å². The molecule has 3 aromatic rings. The molecule has 11 heteroatoms. The van der Waals surface area contributed by atoms with Crippen molar-refractivity contribution in [2.75, 3.05) is 11.9 Å². The van der Waals surface area contributed by atoms with E-state index in [4.69, 9.17) is 4.74 Å². The standard InChI is InChI=1S/C22H17BrF3NO5S/c1-2-31-21(30)16-17(23)18(33-19(16)20(28)29)12-7-5-8-14(10-12)27-11-13-6-3-4-9-15(13)32-22(24,25)26/h3-10,27H,2,11H2,1H3,(H,28,29). The number of nitrogens with one attached hydrogen (secondary N) is 1. The van der Waals surface area contributed by atoms with E-state index in [9.17, 15) is 27.9 Å². The van der Waals surface area contributed by atoms with Crippen LogP contribution in [-0.2, 0) is 11.3 Å². The minimum Gasteiger partial charge on any atom is -0.477 e. The summed E-state index contributed by atoms with van der Waals surface area (Å²) in [6.45, 7) is 1.76. The van der Waals surface area contributed by atoms with Gasteiger partial charge in [-0.25, -0.2) is 9.59 Å². The first-order chi connectivity index (χ1) is 15.6. The first-order valence-electron chi connectivity index (χ1n) is 9.51. The normalized spacial score (nSPS) is 11.2. The summed E-state index contributed by atoms with van der Waals surface area (Å²) >= 11 is 4.23. The highest BCUT2D eigenvalue weighted by Gasteiger charge is 2.32. The molecule has 3 rings (SSSR count). The van der Waals surface area contributed by atoms with E-state index < -0.39 is 18.3 Å². The van der Waals surface area contributed by atoms with Crippen molar-refractivity contribution in [2.45, 2.75) is 19.8 Å². The van der Waals surface area contributed by atoms with E-state index >= 15 is 0 Å². The van der Waals surface area contributed by atoms with Crippen LogP contribution < -0.4 is 10.1 Å². The number of hydrogen-bond acceptors (Lipinski definition) is 6. The summed E-state index contributed by atoms with van der Waals surface area (Å²) in [5.74, 6) is -2.31. The Morgan fingerprint density at radius 1 is 1.15 bits per heavy atom. The molecule has 0 radical (unpaired) electrons. The van der Waals surface area contributed by atoms with Gasteiger partial charge in [-0.1, -0.05) is 30.3 Å². The van der Waals surface area contributed by atoms with Crippen LogP contribution in [0.3, 0.4) is 0 Å². The van der Waals surface area contributed by atoms with E-state index in [1.54, 1.807) is 37.3 Å². The number of hydrogen-bond donors (Lipinski definition) is 2. The molecule has 1 heterocycles. The van der Waals surface area contributed by atoms with Crippen LogP contribution in [0.2, 0.25) is 0 Å². The maximum Gasteiger partial charge on any atom is 0.573 e. The molecular weight excluding hydrogens is 527 g/mol. The molecule has 6 nitrogen and oxygen atoms in total. The number of alkyl halides is 3. The molecule has 0 aliphatic rings. The third kappa shape index (κ3) is 6.05. The lowest BCUT2D eigenvalue weighted by molar-refractivity contribution is -0.274. The van der Waals surface area contributed by atoms with Crippen LogP contribution in [0.4, 0.5) is 18.9 Å². The fourth-order valence-electron chi connectivity index (χ4n) is 2.97. The molecule has 0 aliphatic carbocycles. The molecule has 0 saturated carbocycles. The Bertz CT molecular complexity index is 1180. The second-order valence-electron chi connectivity index (χ2n) is 6.56. The summed E-state index contributed by atoms with van der Waals surface area (Å²) < 4.78 is 47.3. The van der Waals surface area contributed by atoms with Crippen molar-refractivity contribution in [3.8, 4) is 16.2 Å². The fourth-order valence-corrected chi connectivity index (χ4v) is 4.95. The number of para-hydroxylation sites is 1. The summed E-state index contributed by atoms with van der Waals surface area (Å²) in [5.41, 5.74) is 1.41. The molecule has 2 aromatic carbocycles. The van der Waals surface area contributed by atoms with E-state index in [1.165, 1.54) is 18.2 Å². The van der Waals surface area contributed by atoms with E-state index in [0.717, 1.165) is 11.3 Å². The lowest BCUT2D eigenvalue weighted by atomic mass is 10.1. The van der Waals surface area contributed by atoms with Crippen LogP contribution in [0.25, 0.3) is 10.4 Å². The second kappa shape index (κ2) is 10.3. The van der Waals surface area contributed by atoms with Crippen molar-refractivity contribution in [1.29, 1.82) is 0 Å². The molecule has 0 saturated heterocycles. The Balaban J connectivity index is 1.88. The number of esters is 1. The van der Waals surface area contributed by atoms with Gasteiger partial charge in [0.05, 0.1) is 21.5 Å². The predicted molar refractivity (Wildman–Crippen MR) is 121 cm³/mol. The summed E-state index contributed by atoms with van der Waals surface area (Å²) in [6.07, 6.45) is -4.81. The maximum atomic E-state index is 12.6. The van der Waals surface area contributed by atoms with Gasteiger partial charge in [-0.15, -0.1) is 24.5 Å². The van der Waals surface area contributed by atoms with Gasteiger partial charge in [-0.3, -0.25) is 0 Å². The quantitative estimate of drug-likeness (QED) is 0.313. The lowest BCUT2D eigenvalue weighted by Gasteiger charge is -2.14. The van der Waals surface area contributed by atoms with Crippen LogP contribution in [0.15, 0.2) is 53.0 Å². The van der Waals surface area contributed by atoms with E-state index in [-0.39, 0.29) is 29.3 Å². The number of aromatic carboxylic acids is 1.